The van der Waals surface area contributed by atoms with Crippen molar-refractivity contribution in [2.75, 3.05) is 20.3 Å². The van der Waals surface area contributed by atoms with Crippen molar-refractivity contribution >= 4 is 10.9 Å². The smallest absolute Gasteiger partial charge is 0.297 e. The number of ether oxygens (including phenoxy) is 3. The standard InChI is InChI=1S/C32H49NO4/c1-7-9-11-12-13-14-21-33-29-24-27(35-6)18-19-28(29)30(31(32(33)34)36-22-10-8-2)37-23-20-26(5)17-15-16-25(3)4/h16,18-20,24H,7-15,17,21-23H2,1-6H3/b26-20+. The van der Waals surface area contributed by atoms with E-state index in [2.05, 4.69) is 46.8 Å². The van der Waals surface area contributed by atoms with E-state index in [1.54, 1.807) is 7.11 Å². The van der Waals surface area contributed by atoms with E-state index in [-0.39, 0.29) is 5.56 Å². The van der Waals surface area contributed by atoms with E-state index < -0.39 is 0 Å². The number of fused-ring (bicyclic) bond motifs is 1. The number of hydrogen-bond donors (Lipinski definition) is 0. The molecule has 1 aromatic carbocycles. The minimum absolute atomic E-state index is 0.121. The van der Waals surface area contributed by atoms with Gasteiger partial charge in [-0.1, -0.05) is 69.6 Å². The van der Waals surface area contributed by atoms with E-state index in [4.69, 9.17) is 14.2 Å². The van der Waals surface area contributed by atoms with Gasteiger partial charge in [-0.25, -0.2) is 0 Å². The minimum atomic E-state index is -0.121. The first-order valence-electron chi connectivity index (χ1n) is 14.2. The molecular weight excluding hydrogens is 462 g/mol. The van der Waals surface area contributed by atoms with Gasteiger partial charge < -0.3 is 18.8 Å². The van der Waals surface area contributed by atoms with Crippen LogP contribution in [0.5, 0.6) is 17.2 Å². The Morgan fingerprint density at radius 3 is 2.32 bits per heavy atom. The number of nitrogens with zero attached hydrogens (tertiary/aromatic N) is 1. The fraction of sp³-hybridized carbons (Fsp3) is 0.594. The van der Waals surface area contributed by atoms with E-state index in [0.29, 0.717) is 31.3 Å². The first-order chi connectivity index (χ1) is 17.9. The van der Waals surface area contributed by atoms with Crippen LogP contribution < -0.4 is 19.8 Å². The number of aryl methyl sites for hydroxylation is 1. The normalized spacial score (nSPS) is 11.6. The van der Waals surface area contributed by atoms with Gasteiger partial charge in [-0.2, -0.15) is 0 Å². The van der Waals surface area contributed by atoms with E-state index in [9.17, 15) is 4.79 Å². The molecule has 0 saturated carbocycles. The lowest BCUT2D eigenvalue weighted by molar-refractivity contribution is 0.274. The Balaban J connectivity index is 2.39. The van der Waals surface area contributed by atoms with Crippen LogP contribution in [0.4, 0.5) is 0 Å². The van der Waals surface area contributed by atoms with E-state index in [1.165, 1.54) is 36.8 Å². The Labute approximate surface area is 224 Å². The molecule has 0 aliphatic carbocycles. The molecule has 0 aliphatic rings. The predicted molar refractivity (Wildman–Crippen MR) is 156 cm³/mol. The molecule has 37 heavy (non-hydrogen) atoms. The molecular formula is C32H49NO4. The Hall–Kier alpha value is -2.69. The summed E-state index contributed by atoms with van der Waals surface area (Å²) in [4.78, 5) is 13.8. The number of rotatable bonds is 18. The summed E-state index contributed by atoms with van der Waals surface area (Å²) in [6.45, 7) is 12.3. The molecule has 0 fully saturated rings. The Morgan fingerprint density at radius 1 is 0.892 bits per heavy atom. The van der Waals surface area contributed by atoms with Crippen LogP contribution in [-0.2, 0) is 6.54 Å². The molecule has 0 saturated heterocycles. The van der Waals surface area contributed by atoms with Crippen molar-refractivity contribution in [1.82, 2.24) is 4.57 Å². The average Bonchev–Trinajstić information content (AvgIpc) is 2.88. The number of hydrogen-bond acceptors (Lipinski definition) is 4. The van der Waals surface area contributed by atoms with Crippen LogP contribution in [0.3, 0.4) is 0 Å². The highest BCUT2D eigenvalue weighted by atomic mass is 16.5. The largest absolute Gasteiger partial charge is 0.497 e. The van der Waals surface area contributed by atoms with Gasteiger partial charge in [0.05, 0.1) is 19.2 Å². The van der Waals surface area contributed by atoms with Crippen molar-refractivity contribution in [3.8, 4) is 17.2 Å². The third-order valence-corrected chi connectivity index (χ3v) is 6.62. The zero-order valence-electron chi connectivity index (χ0n) is 24.2. The lowest BCUT2D eigenvalue weighted by atomic mass is 10.1. The Kier molecular flexibility index (Phi) is 14.0. The first kappa shape index (κ1) is 30.5. The van der Waals surface area contributed by atoms with Gasteiger partial charge in [-0.3, -0.25) is 4.79 Å². The van der Waals surface area contributed by atoms with Gasteiger partial charge in [0.25, 0.3) is 5.56 Å². The molecule has 2 aromatic rings. The first-order valence-corrected chi connectivity index (χ1v) is 14.2. The molecule has 0 amide bonds. The van der Waals surface area contributed by atoms with Crippen molar-refractivity contribution in [3.63, 3.8) is 0 Å². The Morgan fingerprint density at radius 2 is 1.62 bits per heavy atom. The average molecular weight is 512 g/mol. The summed E-state index contributed by atoms with van der Waals surface area (Å²) in [5, 5.41) is 0.883. The van der Waals surface area contributed by atoms with Crippen LogP contribution in [0.15, 0.2) is 46.3 Å². The second-order valence-corrected chi connectivity index (χ2v) is 10.1. The number of benzene rings is 1. The molecule has 1 heterocycles. The molecule has 0 atom stereocenters. The van der Waals surface area contributed by atoms with Crippen molar-refractivity contribution in [2.24, 2.45) is 0 Å². The number of allylic oxidation sites excluding steroid dienone is 3. The third kappa shape index (κ3) is 9.94. The maximum atomic E-state index is 13.8. The van der Waals surface area contributed by atoms with E-state index in [0.717, 1.165) is 55.2 Å². The summed E-state index contributed by atoms with van der Waals surface area (Å²) in [6, 6.07) is 5.85. The fourth-order valence-electron chi connectivity index (χ4n) is 4.32. The summed E-state index contributed by atoms with van der Waals surface area (Å²) in [5.41, 5.74) is 3.32. The maximum absolute atomic E-state index is 13.8. The second-order valence-electron chi connectivity index (χ2n) is 10.1. The van der Waals surface area contributed by atoms with Crippen LogP contribution in [0, 0.1) is 0 Å². The van der Waals surface area contributed by atoms with Gasteiger partial charge in [0, 0.05) is 18.0 Å². The summed E-state index contributed by atoms with van der Waals surface area (Å²) in [6.07, 6.45) is 15.3. The zero-order valence-corrected chi connectivity index (χ0v) is 24.2. The van der Waals surface area contributed by atoms with Crippen LogP contribution in [-0.4, -0.2) is 24.9 Å². The number of aromatic nitrogens is 1. The molecule has 206 valence electrons. The van der Waals surface area contributed by atoms with Crippen molar-refractivity contribution in [3.05, 3.63) is 51.9 Å². The number of pyridine rings is 1. The van der Waals surface area contributed by atoms with E-state index in [1.807, 2.05) is 22.8 Å². The molecule has 0 radical (unpaired) electrons. The minimum Gasteiger partial charge on any atom is -0.497 e. The molecule has 5 nitrogen and oxygen atoms in total. The van der Waals surface area contributed by atoms with Gasteiger partial charge in [-0.15, -0.1) is 0 Å². The van der Waals surface area contributed by atoms with Crippen LogP contribution in [0.2, 0.25) is 0 Å². The molecule has 2 rings (SSSR count). The molecule has 5 heteroatoms. The monoisotopic (exact) mass is 511 g/mol. The maximum Gasteiger partial charge on any atom is 0.297 e. The van der Waals surface area contributed by atoms with Crippen LogP contribution in [0.25, 0.3) is 10.9 Å². The number of unbranched alkanes of at least 4 members (excludes halogenated alkanes) is 6. The lowest BCUT2D eigenvalue weighted by Crippen LogP contribution is -2.24. The summed E-state index contributed by atoms with van der Waals surface area (Å²) in [7, 11) is 1.65. The van der Waals surface area contributed by atoms with Gasteiger partial charge in [0.15, 0.2) is 5.75 Å². The van der Waals surface area contributed by atoms with Gasteiger partial charge in [0.2, 0.25) is 5.75 Å². The third-order valence-electron chi connectivity index (χ3n) is 6.62. The summed E-state index contributed by atoms with van der Waals surface area (Å²) in [5.74, 6) is 1.59. The molecule has 0 spiro atoms. The SMILES string of the molecule is CCCCCCCCn1c(=O)c(OCCCC)c(OC/C=C(\C)CCC=C(C)C)c2ccc(OC)cc21. The fourth-order valence-corrected chi connectivity index (χ4v) is 4.32. The predicted octanol–water partition coefficient (Wildman–Crippen LogP) is 8.62. The van der Waals surface area contributed by atoms with Gasteiger partial charge >= 0.3 is 0 Å². The Bertz CT molecular complexity index is 1080. The lowest BCUT2D eigenvalue weighted by Gasteiger charge is -2.19. The van der Waals surface area contributed by atoms with Crippen molar-refractivity contribution < 1.29 is 14.2 Å². The van der Waals surface area contributed by atoms with Crippen LogP contribution in [0.1, 0.15) is 98.8 Å². The summed E-state index contributed by atoms with van der Waals surface area (Å²) < 4.78 is 19.7. The molecule has 0 aliphatic heterocycles. The number of methoxy groups -OCH3 is 1. The van der Waals surface area contributed by atoms with E-state index >= 15 is 0 Å². The molecule has 1 aromatic heterocycles. The van der Waals surface area contributed by atoms with Crippen molar-refractivity contribution in [2.45, 2.75) is 105 Å². The quantitative estimate of drug-likeness (QED) is 0.148. The molecule has 0 N–H and O–H groups in total. The summed E-state index contributed by atoms with van der Waals surface area (Å²) >= 11 is 0. The topological polar surface area (TPSA) is 49.7 Å². The second kappa shape index (κ2) is 16.9. The molecule has 0 bridgehead atoms. The highest BCUT2D eigenvalue weighted by Crippen LogP contribution is 2.35. The molecule has 0 unspecified atom stereocenters. The zero-order chi connectivity index (χ0) is 27.0. The highest BCUT2D eigenvalue weighted by Gasteiger charge is 2.20. The van der Waals surface area contributed by atoms with Gasteiger partial charge in [0.1, 0.15) is 12.4 Å². The van der Waals surface area contributed by atoms with Crippen LogP contribution >= 0.6 is 0 Å². The van der Waals surface area contributed by atoms with Gasteiger partial charge in [-0.05, 0) is 64.7 Å². The van der Waals surface area contributed by atoms with Crippen molar-refractivity contribution in [1.29, 1.82) is 0 Å². The highest BCUT2D eigenvalue weighted by molar-refractivity contribution is 5.89.